The molecule has 0 spiro atoms. The van der Waals surface area contributed by atoms with Crippen LogP contribution in [0.4, 0.5) is 24.8 Å². The highest BCUT2D eigenvalue weighted by Gasteiger charge is 2.30. The molecule has 0 radical (unpaired) electrons. The summed E-state index contributed by atoms with van der Waals surface area (Å²) in [5.41, 5.74) is 12.2. The van der Waals surface area contributed by atoms with Crippen molar-refractivity contribution in [2.24, 2.45) is 5.73 Å². The van der Waals surface area contributed by atoms with Gasteiger partial charge in [-0.3, -0.25) is 9.59 Å². The van der Waals surface area contributed by atoms with Crippen molar-refractivity contribution >= 4 is 23.5 Å². The molecule has 0 fully saturated rings. The molecule has 3 aromatic rings. The third-order valence-corrected chi connectivity index (χ3v) is 4.63. The molecule has 1 aromatic carbocycles. The number of nitrogens with zero attached hydrogens (tertiary/aromatic N) is 3. The first kappa shape index (κ1) is 22.8. The average molecular weight is 446 g/mol. The molecule has 2 amide bonds. The predicted molar refractivity (Wildman–Crippen MR) is 113 cm³/mol. The number of benzene rings is 1. The number of primary amides is 1. The van der Waals surface area contributed by atoms with Crippen molar-refractivity contribution in [3.63, 3.8) is 0 Å². The standard InChI is InChI=1S/C21H21F3N6O2/c1-11(2)30-19(25)17(20(26)32)18(29-30)13-5-3-12(4-6-13)9-16(31)28-15-10-14(7-8-27-15)21(22,23)24/h3-8,10-11H,9,25H2,1-2H3,(H2,26,32)(H,27,28,31). The van der Waals surface area contributed by atoms with E-state index in [1.807, 2.05) is 13.8 Å². The number of pyridine rings is 1. The van der Waals surface area contributed by atoms with Gasteiger partial charge in [-0.05, 0) is 31.5 Å². The molecule has 0 bridgehead atoms. The molecule has 0 atom stereocenters. The maximum Gasteiger partial charge on any atom is 0.416 e. The average Bonchev–Trinajstić information content (AvgIpc) is 3.05. The van der Waals surface area contributed by atoms with Gasteiger partial charge in [-0.1, -0.05) is 24.3 Å². The van der Waals surface area contributed by atoms with E-state index in [2.05, 4.69) is 15.4 Å². The zero-order chi connectivity index (χ0) is 23.6. The molecule has 0 saturated carbocycles. The molecule has 168 valence electrons. The molecule has 8 nitrogen and oxygen atoms in total. The Morgan fingerprint density at radius 1 is 1.16 bits per heavy atom. The van der Waals surface area contributed by atoms with E-state index in [1.165, 1.54) is 4.68 Å². The lowest BCUT2D eigenvalue weighted by Gasteiger charge is -2.09. The van der Waals surface area contributed by atoms with Crippen molar-refractivity contribution in [3.05, 3.63) is 59.3 Å². The summed E-state index contributed by atoms with van der Waals surface area (Å²) in [6, 6.07) is 8.10. The number of alkyl halides is 3. The van der Waals surface area contributed by atoms with Crippen LogP contribution in [-0.4, -0.2) is 26.6 Å². The lowest BCUT2D eigenvalue weighted by Crippen LogP contribution is -2.16. The van der Waals surface area contributed by atoms with Gasteiger partial charge >= 0.3 is 6.18 Å². The van der Waals surface area contributed by atoms with E-state index in [1.54, 1.807) is 24.3 Å². The van der Waals surface area contributed by atoms with Crippen LogP contribution in [0.1, 0.15) is 41.4 Å². The van der Waals surface area contributed by atoms with Gasteiger partial charge in [-0.2, -0.15) is 18.3 Å². The highest BCUT2D eigenvalue weighted by Crippen LogP contribution is 2.30. The number of rotatable bonds is 6. The number of nitrogens with one attached hydrogen (secondary N) is 1. The van der Waals surface area contributed by atoms with Crippen LogP contribution in [0.15, 0.2) is 42.6 Å². The molecule has 0 saturated heterocycles. The Morgan fingerprint density at radius 3 is 2.38 bits per heavy atom. The number of aromatic nitrogens is 3. The second-order valence-electron chi connectivity index (χ2n) is 7.36. The predicted octanol–water partition coefficient (Wildman–Crippen LogP) is 3.41. The molecule has 0 unspecified atom stereocenters. The van der Waals surface area contributed by atoms with Gasteiger partial charge in [0, 0.05) is 17.8 Å². The van der Waals surface area contributed by atoms with Gasteiger partial charge in [0.05, 0.1) is 12.0 Å². The highest BCUT2D eigenvalue weighted by atomic mass is 19.4. The molecule has 3 rings (SSSR count). The fourth-order valence-corrected chi connectivity index (χ4v) is 3.11. The van der Waals surface area contributed by atoms with Gasteiger partial charge < -0.3 is 16.8 Å². The summed E-state index contributed by atoms with van der Waals surface area (Å²) in [7, 11) is 0. The Labute approximate surface area is 181 Å². The van der Waals surface area contributed by atoms with E-state index in [9.17, 15) is 22.8 Å². The smallest absolute Gasteiger partial charge is 0.383 e. The lowest BCUT2D eigenvalue weighted by atomic mass is 10.0. The molecular formula is C21H21F3N6O2. The van der Waals surface area contributed by atoms with Gasteiger partial charge in [-0.25, -0.2) is 9.67 Å². The molecule has 11 heteroatoms. The molecule has 2 heterocycles. The van der Waals surface area contributed by atoms with Crippen LogP contribution in [0.25, 0.3) is 11.3 Å². The molecule has 32 heavy (non-hydrogen) atoms. The monoisotopic (exact) mass is 446 g/mol. The van der Waals surface area contributed by atoms with Gasteiger partial charge in [-0.15, -0.1) is 0 Å². The quantitative estimate of drug-likeness (QED) is 0.534. The van der Waals surface area contributed by atoms with Gasteiger partial charge in [0.2, 0.25) is 5.91 Å². The fourth-order valence-electron chi connectivity index (χ4n) is 3.11. The number of hydrogen-bond acceptors (Lipinski definition) is 5. The van der Waals surface area contributed by atoms with Crippen molar-refractivity contribution in [2.75, 3.05) is 11.1 Å². The third kappa shape index (κ3) is 4.88. The van der Waals surface area contributed by atoms with Crippen molar-refractivity contribution in [3.8, 4) is 11.3 Å². The number of anilines is 2. The second-order valence-corrected chi connectivity index (χ2v) is 7.36. The first-order valence-corrected chi connectivity index (χ1v) is 9.57. The van der Waals surface area contributed by atoms with Gasteiger partial charge in [0.25, 0.3) is 5.91 Å². The van der Waals surface area contributed by atoms with E-state index >= 15 is 0 Å². The Bertz CT molecular complexity index is 1150. The number of hydrogen-bond donors (Lipinski definition) is 3. The third-order valence-electron chi connectivity index (χ3n) is 4.63. The summed E-state index contributed by atoms with van der Waals surface area (Å²) < 4.78 is 39.9. The summed E-state index contributed by atoms with van der Waals surface area (Å²) in [4.78, 5) is 27.9. The SMILES string of the molecule is CC(C)n1nc(-c2ccc(CC(=O)Nc3cc(C(F)(F)F)ccn3)cc2)c(C(N)=O)c1N. The van der Waals surface area contributed by atoms with E-state index < -0.39 is 23.6 Å². The van der Waals surface area contributed by atoms with Crippen LogP contribution < -0.4 is 16.8 Å². The maximum absolute atomic E-state index is 12.8. The lowest BCUT2D eigenvalue weighted by molar-refractivity contribution is -0.137. The number of carbonyl (C=O) groups excluding carboxylic acids is 2. The van der Waals surface area contributed by atoms with Gasteiger partial charge in [0.1, 0.15) is 22.9 Å². The molecule has 0 aliphatic heterocycles. The number of nitrogens with two attached hydrogens (primary N) is 2. The van der Waals surface area contributed by atoms with E-state index in [0.717, 1.165) is 18.3 Å². The number of amides is 2. The summed E-state index contributed by atoms with van der Waals surface area (Å²) >= 11 is 0. The molecular weight excluding hydrogens is 425 g/mol. The zero-order valence-electron chi connectivity index (χ0n) is 17.3. The number of halogens is 3. The first-order valence-electron chi connectivity index (χ1n) is 9.57. The van der Waals surface area contributed by atoms with Crippen LogP contribution in [0, 0.1) is 0 Å². The summed E-state index contributed by atoms with van der Waals surface area (Å²) in [5.74, 6) is -1.26. The largest absolute Gasteiger partial charge is 0.416 e. The van der Waals surface area contributed by atoms with Crippen molar-refractivity contribution in [2.45, 2.75) is 32.5 Å². The van der Waals surface area contributed by atoms with Crippen molar-refractivity contribution in [1.29, 1.82) is 0 Å². The van der Waals surface area contributed by atoms with Crippen LogP contribution in [0.3, 0.4) is 0 Å². The second kappa shape index (κ2) is 8.69. The minimum absolute atomic E-state index is 0.0886. The number of carbonyl (C=O) groups is 2. The topological polar surface area (TPSA) is 129 Å². The van der Waals surface area contributed by atoms with Crippen LogP contribution in [0.2, 0.25) is 0 Å². The molecule has 0 aliphatic carbocycles. The summed E-state index contributed by atoms with van der Waals surface area (Å²) in [5, 5.41) is 6.74. The Balaban J connectivity index is 1.77. The zero-order valence-corrected chi connectivity index (χ0v) is 17.3. The minimum Gasteiger partial charge on any atom is -0.383 e. The minimum atomic E-state index is -4.53. The molecule has 0 aliphatic rings. The fraction of sp³-hybridized carbons (Fsp3) is 0.238. The summed E-state index contributed by atoms with van der Waals surface area (Å²) in [6.07, 6.45) is -3.65. The Morgan fingerprint density at radius 2 is 1.81 bits per heavy atom. The van der Waals surface area contributed by atoms with Crippen molar-refractivity contribution in [1.82, 2.24) is 14.8 Å². The summed E-state index contributed by atoms with van der Waals surface area (Å²) in [6.45, 7) is 3.72. The molecule has 2 aromatic heterocycles. The van der Waals surface area contributed by atoms with Crippen LogP contribution in [0.5, 0.6) is 0 Å². The molecule has 5 N–H and O–H groups in total. The normalized spacial score (nSPS) is 11.6. The number of nitrogen functional groups attached to an aromatic ring is 1. The maximum atomic E-state index is 12.8. The van der Waals surface area contributed by atoms with Crippen LogP contribution >= 0.6 is 0 Å². The first-order chi connectivity index (χ1) is 15.0. The Kier molecular flexibility index (Phi) is 6.19. The Hall–Kier alpha value is -3.89. The van der Waals surface area contributed by atoms with E-state index in [0.29, 0.717) is 16.8 Å². The van der Waals surface area contributed by atoms with Crippen LogP contribution in [-0.2, 0) is 17.4 Å². The highest BCUT2D eigenvalue weighted by molar-refractivity contribution is 6.03. The van der Waals surface area contributed by atoms with E-state index in [-0.39, 0.29) is 29.7 Å². The van der Waals surface area contributed by atoms with Crippen molar-refractivity contribution < 1.29 is 22.8 Å². The van der Waals surface area contributed by atoms with Gasteiger partial charge in [0.15, 0.2) is 0 Å². The van der Waals surface area contributed by atoms with E-state index in [4.69, 9.17) is 11.5 Å².